The number of hydrogen-bond donors (Lipinski definition) is 1. The SMILES string of the molecule is CC1(C)CCc2sc(C3=C(CO)CCC3)c(C(=O)OC(C)(C)C)c2C1. The van der Waals surface area contributed by atoms with Crippen LogP contribution in [0.25, 0.3) is 5.57 Å². The van der Waals surface area contributed by atoms with E-state index in [-0.39, 0.29) is 18.0 Å². The fourth-order valence-electron chi connectivity index (χ4n) is 3.93. The van der Waals surface area contributed by atoms with Gasteiger partial charge in [-0.25, -0.2) is 4.79 Å². The Labute approximate surface area is 155 Å². The molecule has 0 aromatic carbocycles. The van der Waals surface area contributed by atoms with Crippen LogP contribution in [-0.2, 0) is 17.6 Å². The van der Waals surface area contributed by atoms with Crippen LogP contribution in [0.4, 0.5) is 0 Å². The molecule has 0 bridgehead atoms. The summed E-state index contributed by atoms with van der Waals surface area (Å²) in [6, 6.07) is 0. The van der Waals surface area contributed by atoms with Crippen molar-refractivity contribution in [3.8, 4) is 0 Å². The number of allylic oxidation sites excluding steroid dienone is 1. The molecule has 0 unspecified atom stereocenters. The van der Waals surface area contributed by atoms with Gasteiger partial charge in [-0.15, -0.1) is 11.3 Å². The van der Waals surface area contributed by atoms with E-state index in [2.05, 4.69) is 13.8 Å². The molecule has 1 aromatic heterocycles. The maximum atomic E-state index is 13.1. The molecule has 2 aliphatic rings. The summed E-state index contributed by atoms with van der Waals surface area (Å²) in [5, 5.41) is 9.73. The second-order valence-electron chi connectivity index (χ2n) is 9.14. The first kappa shape index (κ1) is 18.7. The zero-order chi connectivity index (χ0) is 18.4. The first-order chi connectivity index (χ1) is 11.6. The third-order valence-electron chi connectivity index (χ3n) is 5.17. The molecule has 0 amide bonds. The number of thiophene rings is 1. The van der Waals surface area contributed by atoms with E-state index in [4.69, 9.17) is 4.74 Å². The predicted molar refractivity (Wildman–Crippen MR) is 103 cm³/mol. The molecule has 0 aliphatic heterocycles. The molecule has 1 N–H and O–H groups in total. The van der Waals surface area contributed by atoms with Gasteiger partial charge in [-0.1, -0.05) is 13.8 Å². The summed E-state index contributed by atoms with van der Waals surface area (Å²) >= 11 is 1.76. The molecule has 3 nitrogen and oxygen atoms in total. The molecule has 0 spiro atoms. The van der Waals surface area contributed by atoms with Crippen LogP contribution in [0.1, 0.15) is 86.0 Å². The van der Waals surface area contributed by atoms with Gasteiger partial charge in [0, 0.05) is 9.75 Å². The summed E-state index contributed by atoms with van der Waals surface area (Å²) < 4.78 is 5.77. The number of aliphatic hydroxyl groups is 1. The number of rotatable bonds is 3. The van der Waals surface area contributed by atoms with Crippen LogP contribution < -0.4 is 0 Å². The summed E-state index contributed by atoms with van der Waals surface area (Å²) in [7, 11) is 0. The highest BCUT2D eigenvalue weighted by molar-refractivity contribution is 7.13. The van der Waals surface area contributed by atoms with E-state index in [1.807, 2.05) is 20.8 Å². The van der Waals surface area contributed by atoms with E-state index in [0.717, 1.165) is 54.5 Å². The monoisotopic (exact) mass is 362 g/mol. The van der Waals surface area contributed by atoms with Crippen molar-refractivity contribution in [1.82, 2.24) is 0 Å². The smallest absolute Gasteiger partial charge is 0.340 e. The lowest BCUT2D eigenvalue weighted by Gasteiger charge is -2.30. The van der Waals surface area contributed by atoms with Crippen LogP contribution in [-0.4, -0.2) is 23.3 Å². The molecular formula is C21H30O3S. The van der Waals surface area contributed by atoms with Crippen molar-refractivity contribution in [2.75, 3.05) is 6.61 Å². The van der Waals surface area contributed by atoms with Crippen LogP contribution in [0.3, 0.4) is 0 Å². The van der Waals surface area contributed by atoms with Gasteiger partial charge in [0.2, 0.25) is 0 Å². The highest BCUT2D eigenvalue weighted by Gasteiger charge is 2.36. The number of carbonyl (C=O) groups is 1. The van der Waals surface area contributed by atoms with Crippen molar-refractivity contribution in [2.45, 2.75) is 78.7 Å². The lowest BCUT2D eigenvalue weighted by atomic mass is 9.76. The van der Waals surface area contributed by atoms with Crippen LogP contribution >= 0.6 is 11.3 Å². The van der Waals surface area contributed by atoms with Gasteiger partial charge in [-0.2, -0.15) is 0 Å². The predicted octanol–water partition coefficient (Wildman–Crippen LogP) is 5.15. The van der Waals surface area contributed by atoms with E-state index >= 15 is 0 Å². The zero-order valence-electron chi connectivity index (χ0n) is 16.1. The van der Waals surface area contributed by atoms with Gasteiger partial charge in [0.15, 0.2) is 0 Å². The minimum Gasteiger partial charge on any atom is -0.456 e. The lowest BCUT2D eigenvalue weighted by Crippen LogP contribution is -2.27. The summed E-state index contributed by atoms with van der Waals surface area (Å²) in [5.74, 6) is -0.200. The molecule has 4 heteroatoms. The van der Waals surface area contributed by atoms with Crippen LogP contribution in [0, 0.1) is 5.41 Å². The maximum absolute atomic E-state index is 13.1. The Hall–Kier alpha value is -1.13. The van der Waals surface area contributed by atoms with Gasteiger partial charge in [0.05, 0.1) is 12.2 Å². The molecule has 2 aliphatic carbocycles. The third kappa shape index (κ3) is 3.85. The molecule has 0 atom stereocenters. The Morgan fingerprint density at radius 2 is 1.96 bits per heavy atom. The molecule has 25 heavy (non-hydrogen) atoms. The number of ether oxygens (including phenoxy) is 1. The highest BCUT2D eigenvalue weighted by atomic mass is 32.1. The lowest BCUT2D eigenvalue weighted by molar-refractivity contribution is 0.00679. The summed E-state index contributed by atoms with van der Waals surface area (Å²) in [6.45, 7) is 10.4. The molecule has 0 saturated carbocycles. The number of carbonyl (C=O) groups excluding carboxylic acids is 1. The fourth-order valence-corrected chi connectivity index (χ4v) is 5.36. The van der Waals surface area contributed by atoms with Gasteiger partial charge in [-0.05, 0) is 81.4 Å². The first-order valence-corrected chi connectivity index (χ1v) is 10.1. The molecular weight excluding hydrogens is 332 g/mol. The van der Waals surface area contributed by atoms with Crippen LogP contribution in [0.2, 0.25) is 0 Å². The van der Waals surface area contributed by atoms with Gasteiger partial charge in [0.1, 0.15) is 5.60 Å². The fraction of sp³-hybridized carbons (Fsp3) is 0.667. The van der Waals surface area contributed by atoms with Crippen molar-refractivity contribution < 1.29 is 14.6 Å². The Balaban J connectivity index is 2.12. The maximum Gasteiger partial charge on any atom is 0.340 e. The van der Waals surface area contributed by atoms with Crippen molar-refractivity contribution in [3.05, 3.63) is 26.5 Å². The highest BCUT2D eigenvalue weighted by Crippen LogP contribution is 2.47. The number of aliphatic hydroxyl groups excluding tert-OH is 1. The van der Waals surface area contributed by atoms with Crippen molar-refractivity contribution in [1.29, 1.82) is 0 Å². The summed E-state index contributed by atoms with van der Waals surface area (Å²) in [5.41, 5.74) is 3.99. The van der Waals surface area contributed by atoms with Gasteiger partial charge in [0.25, 0.3) is 0 Å². The Morgan fingerprint density at radius 1 is 1.24 bits per heavy atom. The van der Waals surface area contributed by atoms with Gasteiger partial charge in [-0.3, -0.25) is 0 Å². The molecule has 1 heterocycles. The second-order valence-corrected chi connectivity index (χ2v) is 10.2. The minimum atomic E-state index is -0.503. The topological polar surface area (TPSA) is 46.5 Å². The number of aryl methyl sites for hydroxylation is 1. The standard InChI is InChI=1S/C21H30O3S/c1-20(2,3)24-19(23)17-15-11-21(4,5)10-9-16(15)25-18(17)14-8-6-7-13(14)12-22/h22H,6-12H2,1-5H3. The molecule has 1 aromatic rings. The largest absolute Gasteiger partial charge is 0.456 e. The van der Waals surface area contributed by atoms with Crippen molar-refractivity contribution in [2.24, 2.45) is 5.41 Å². The molecule has 0 fully saturated rings. The minimum absolute atomic E-state index is 0.0944. The number of hydrogen-bond acceptors (Lipinski definition) is 4. The Kier molecular flexibility index (Phi) is 4.89. The molecule has 3 rings (SSSR count). The quantitative estimate of drug-likeness (QED) is 0.757. The van der Waals surface area contributed by atoms with Gasteiger partial charge >= 0.3 is 5.97 Å². The molecule has 0 radical (unpaired) electrons. The van der Waals surface area contributed by atoms with Gasteiger partial charge < -0.3 is 9.84 Å². The summed E-state index contributed by atoms with van der Waals surface area (Å²) in [6.07, 6.45) is 6.06. The number of fused-ring (bicyclic) bond motifs is 1. The van der Waals surface area contributed by atoms with E-state index in [0.29, 0.717) is 0 Å². The van der Waals surface area contributed by atoms with E-state index in [9.17, 15) is 9.90 Å². The van der Waals surface area contributed by atoms with Crippen LogP contribution in [0.5, 0.6) is 0 Å². The van der Waals surface area contributed by atoms with Crippen molar-refractivity contribution in [3.63, 3.8) is 0 Å². The first-order valence-electron chi connectivity index (χ1n) is 9.31. The number of esters is 1. The molecule has 138 valence electrons. The zero-order valence-corrected chi connectivity index (χ0v) is 16.9. The average Bonchev–Trinajstić information content (AvgIpc) is 3.06. The van der Waals surface area contributed by atoms with E-state index in [1.165, 1.54) is 16.0 Å². The van der Waals surface area contributed by atoms with Crippen LogP contribution in [0.15, 0.2) is 5.57 Å². The average molecular weight is 363 g/mol. The normalized spacial score (nSPS) is 19.9. The molecule has 0 saturated heterocycles. The Morgan fingerprint density at radius 3 is 2.60 bits per heavy atom. The Bertz CT molecular complexity index is 716. The second kappa shape index (κ2) is 6.55. The van der Waals surface area contributed by atoms with E-state index < -0.39 is 5.60 Å². The van der Waals surface area contributed by atoms with E-state index in [1.54, 1.807) is 11.3 Å². The summed E-state index contributed by atoms with van der Waals surface area (Å²) in [4.78, 5) is 15.5. The third-order valence-corrected chi connectivity index (χ3v) is 6.53. The van der Waals surface area contributed by atoms with Crippen molar-refractivity contribution >= 4 is 22.9 Å².